The topological polar surface area (TPSA) is 73.3 Å². The van der Waals surface area contributed by atoms with Gasteiger partial charge in [-0.15, -0.1) is 0 Å². The average Bonchev–Trinajstić information content (AvgIpc) is 3.06. The third kappa shape index (κ3) is 5.62. The molecule has 0 unspecified atom stereocenters. The number of benzene rings is 1. The molecule has 2 heterocycles. The Bertz CT molecular complexity index is 711. The summed E-state index contributed by atoms with van der Waals surface area (Å²) in [5.74, 6) is -0.339. The van der Waals surface area contributed by atoms with E-state index in [4.69, 9.17) is 9.84 Å². The summed E-state index contributed by atoms with van der Waals surface area (Å²) in [6, 6.07) is 5.63. The third-order valence-electron chi connectivity index (χ3n) is 6.19. The minimum absolute atomic E-state index is 0.0370. The number of nitrogens with zero attached hydrogens (tertiary/aromatic N) is 3. The van der Waals surface area contributed by atoms with Crippen LogP contribution in [0, 0.1) is 5.82 Å². The van der Waals surface area contributed by atoms with Crippen LogP contribution in [0.2, 0.25) is 0 Å². The number of hydrogen-bond donors (Lipinski definition) is 1. The van der Waals surface area contributed by atoms with Crippen molar-refractivity contribution in [3.05, 3.63) is 30.1 Å². The minimum Gasteiger partial charge on any atom is -0.508 e. The van der Waals surface area contributed by atoms with Crippen molar-refractivity contribution in [3.8, 4) is 5.75 Å². The summed E-state index contributed by atoms with van der Waals surface area (Å²) in [6.07, 6.45) is 6.28. The van der Waals surface area contributed by atoms with Gasteiger partial charge in [0.2, 0.25) is 5.91 Å². The molecule has 2 amide bonds. The van der Waals surface area contributed by atoms with Crippen LogP contribution in [0.4, 0.5) is 9.18 Å². The van der Waals surface area contributed by atoms with Gasteiger partial charge in [-0.2, -0.15) is 0 Å². The normalized spacial score (nSPS) is 22.5. The van der Waals surface area contributed by atoms with Crippen LogP contribution in [-0.2, 0) is 9.53 Å². The van der Waals surface area contributed by atoms with Crippen molar-refractivity contribution in [3.63, 3.8) is 0 Å². The number of hydrogen-bond acceptors (Lipinski definition) is 5. The molecule has 1 aromatic rings. The molecule has 3 aliphatic rings. The smallest absolute Gasteiger partial charge is 0.410 e. The molecule has 0 spiro atoms. The zero-order valence-corrected chi connectivity index (χ0v) is 17.6. The van der Waals surface area contributed by atoms with Gasteiger partial charge in [0, 0.05) is 44.8 Å². The second-order valence-corrected chi connectivity index (χ2v) is 8.10. The van der Waals surface area contributed by atoms with Gasteiger partial charge in [0.15, 0.2) is 0 Å². The van der Waals surface area contributed by atoms with Gasteiger partial charge in [-0.3, -0.25) is 14.6 Å². The molecular formula is C22H32FN3O4. The molecule has 3 fully saturated rings. The van der Waals surface area contributed by atoms with E-state index < -0.39 is 5.82 Å². The van der Waals surface area contributed by atoms with E-state index >= 15 is 0 Å². The fourth-order valence-electron chi connectivity index (χ4n) is 4.32. The van der Waals surface area contributed by atoms with Gasteiger partial charge in [0.1, 0.15) is 17.6 Å². The Kier molecular flexibility index (Phi) is 7.90. The van der Waals surface area contributed by atoms with Crippen LogP contribution in [-0.4, -0.2) is 83.7 Å². The summed E-state index contributed by atoms with van der Waals surface area (Å²) < 4.78 is 16.8. The largest absolute Gasteiger partial charge is 0.508 e. The standard InChI is InChI=1S/C16H27N3O3.C6H5FO/c1-22-16(21)19-10-3-7-14(19)15(20)18-9-4-8-17(11-12-18)13-5-2-6-13;7-5-2-1-3-6(8)4-5/h13-14H,2-12H2,1H3;1-4,8H/t14-;/m1./s1. The first-order valence-corrected chi connectivity index (χ1v) is 10.8. The van der Waals surface area contributed by atoms with Crippen molar-refractivity contribution < 1.29 is 23.8 Å². The van der Waals surface area contributed by atoms with Gasteiger partial charge in [-0.05, 0) is 44.2 Å². The highest BCUT2D eigenvalue weighted by Crippen LogP contribution is 2.26. The summed E-state index contributed by atoms with van der Waals surface area (Å²) in [4.78, 5) is 30.7. The molecule has 1 aromatic carbocycles. The second-order valence-electron chi connectivity index (χ2n) is 8.10. The summed E-state index contributed by atoms with van der Waals surface area (Å²) >= 11 is 0. The van der Waals surface area contributed by atoms with E-state index in [-0.39, 0.29) is 23.8 Å². The Labute approximate surface area is 177 Å². The summed E-state index contributed by atoms with van der Waals surface area (Å²) in [5, 5.41) is 8.57. The second kappa shape index (κ2) is 10.6. The molecule has 8 heteroatoms. The van der Waals surface area contributed by atoms with Gasteiger partial charge < -0.3 is 14.7 Å². The van der Waals surface area contributed by atoms with Gasteiger partial charge in [-0.1, -0.05) is 12.5 Å². The van der Waals surface area contributed by atoms with Crippen molar-refractivity contribution in [2.75, 3.05) is 39.8 Å². The van der Waals surface area contributed by atoms with Crippen LogP contribution in [0.15, 0.2) is 24.3 Å². The number of carbonyl (C=O) groups excluding carboxylic acids is 2. The SMILES string of the molecule is COC(=O)N1CCC[C@@H]1C(=O)N1CCCN(C2CCC2)CC1.Oc1cccc(F)c1. The Morgan fingerprint density at radius 2 is 1.83 bits per heavy atom. The number of likely N-dealkylation sites (tertiary alicyclic amines) is 1. The van der Waals surface area contributed by atoms with E-state index in [1.807, 2.05) is 4.90 Å². The molecule has 1 aliphatic carbocycles. The van der Waals surface area contributed by atoms with Crippen molar-refractivity contribution in [1.29, 1.82) is 0 Å². The minimum atomic E-state index is -0.412. The van der Waals surface area contributed by atoms with E-state index in [1.165, 1.54) is 44.6 Å². The maximum Gasteiger partial charge on any atom is 0.410 e. The zero-order chi connectivity index (χ0) is 21.5. The Balaban J connectivity index is 0.000000269. The van der Waals surface area contributed by atoms with Gasteiger partial charge in [-0.25, -0.2) is 9.18 Å². The summed E-state index contributed by atoms with van der Waals surface area (Å²) in [5.41, 5.74) is 0. The maximum atomic E-state index is 12.8. The number of carbonyl (C=O) groups is 2. The van der Waals surface area contributed by atoms with Crippen LogP contribution in [0.3, 0.4) is 0 Å². The van der Waals surface area contributed by atoms with Crippen molar-refractivity contribution in [2.45, 2.75) is 50.6 Å². The van der Waals surface area contributed by atoms with Crippen molar-refractivity contribution >= 4 is 12.0 Å². The maximum absolute atomic E-state index is 12.8. The molecule has 1 atom stereocenters. The quantitative estimate of drug-likeness (QED) is 0.795. The fraction of sp³-hybridized carbons (Fsp3) is 0.636. The lowest BCUT2D eigenvalue weighted by Gasteiger charge is -2.36. The number of ether oxygens (including phenoxy) is 1. The lowest BCUT2D eigenvalue weighted by molar-refractivity contribution is -0.135. The molecular weight excluding hydrogens is 389 g/mol. The molecule has 2 saturated heterocycles. The van der Waals surface area contributed by atoms with Gasteiger partial charge in [0.05, 0.1) is 7.11 Å². The van der Waals surface area contributed by atoms with Crippen LogP contribution in [0.25, 0.3) is 0 Å². The predicted octanol–water partition coefficient (Wildman–Crippen LogP) is 2.84. The summed E-state index contributed by atoms with van der Waals surface area (Å²) in [6.45, 7) is 4.31. The molecule has 1 N–H and O–H groups in total. The summed E-state index contributed by atoms with van der Waals surface area (Å²) in [7, 11) is 1.38. The van der Waals surface area contributed by atoms with E-state index in [0.29, 0.717) is 6.54 Å². The highest BCUT2D eigenvalue weighted by atomic mass is 19.1. The first-order valence-electron chi connectivity index (χ1n) is 10.8. The zero-order valence-electron chi connectivity index (χ0n) is 17.6. The molecule has 0 radical (unpaired) electrons. The monoisotopic (exact) mass is 421 g/mol. The molecule has 0 bridgehead atoms. The Morgan fingerprint density at radius 3 is 2.43 bits per heavy atom. The van der Waals surface area contributed by atoms with Gasteiger partial charge in [0.25, 0.3) is 0 Å². The predicted molar refractivity (Wildman–Crippen MR) is 111 cm³/mol. The lowest BCUT2D eigenvalue weighted by atomic mass is 9.91. The molecule has 2 aliphatic heterocycles. The number of amides is 2. The van der Waals surface area contributed by atoms with E-state index in [0.717, 1.165) is 57.5 Å². The van der Waals surface area contributed by atoms with Crippen LogP contribution in [0.5, 0.6) is 5.75 Å². The van der Waals surface area contributed by atoms with Crippen LogP contribution < -0.4 is 0 Å². The molecule has 1 saturated carbocycles. The van der Waals surface area contributed by atoms with Crippen molar-refractivity contribution in [1.82, 2.24) is 14.7 Å². The third-order valence-corrected chi connectivity index (χ3v) is 6.19. The molecule has 7 nitrogen and oxygen atoms in total. The fourth-order valence-corrected chi connectivity index (χ4v) is 4.32. The Hall–Kier alpha value is -2.35. The number of halogens is 1. The molecule has 166 valence electrons. The van der Waals surface area contributed by atoms with Crippen LogP contribution in [0.1, 0.15) is 38.5 Å². The number of methoxy groups -OCH3 is 1. The molecule has 30 heavy (non-hydrogen) atoms. The number of phenols is 1. The lowest BCUT2D eigenvalue weighted by Crippen LogP contribution is -2.49. The first-order chi connectivity index (χ1) is 14.5. The number of phenolic OH excluding ortho intramolecular Hbond substituents is 1. The number of rotatable bonds is 2. The average molecular weight is 422 g/mol. The highest BCUT2D eigenvalue weighted by Gasteiger charge is 2.38. The number of aromatic hydroxyl groups is 1. The first kappa shape index (κ1) is 22.3. The molecule has 4 rings (SSSR count). The van der Waals surface area contributed by atoms with Crippen LogP contribution >= 0.6 is 0 Å². The van der Waals surface area contributed by atoms with Crippen molar-refractivity contribution in [2.24, 2.45) is 0 Å². The van der Waals surface area contributed by atoms with E-state index in [1.54, 1.807) is 4.90 Å². The van der Waals surface area contributed by atoms with E-state index in [2.05, 4.69) is 4.90 Å². The molecule has 0 aromatic heterocycles. The van der Waals surface area contributed by atoms with E-state index in [9.17, 15) is 14.0 Å². The Morgan fingerprint density at radius 1 is 1.03 bits per heavy atom. The highest BCUT2D eigenvalue weighted by molar-refractivity contribution is 5.86. The van der Waals surface area contributed by atoms with Gasteiger partial charge >= 0.3 is 6.09 Å².